The van der Waals surface area contributed by atoms with Crippen LogP contribution in [0, 0.1) is 5.92 Å². The Hall–Kier alpha value is -1.10. The van der Waals surface area contributed by atoms with Gasteiger partial charge in [0.05, 0.1) is 0 Å². The van der Waals surface area contributed by atoms with Crippen molar-refractivity contribution in [3.63, 3.8) is 0 Å². The number of aliphatic carboxylic acids is 1. The van der Waals surface area contributed by atoms with E-state index in [4.69, 9.17) is 9.84 Å². The van der Waals surface area contributed by atoms with E-state index in [1.807, 2.05) is 0 Å². The molecule has 2 N–H and O–H groups in total. The molecule has 1 rings (SSSR count). The van der Waals surface area contributed by atoms with E-state index in [-0.39, 0.29) is 18.2 Å². The highest BCUT2D eigenvalue weighted by Crippen LogP contribution is 2.14. The Kier molecular flexibility index (Phi) is 5.85. The molecule has 0 bridgehead atoms. The number of hydrogen-bond donors (Lipinski definition) is 2. The number of hydrogen-bond acceptors (Lipinski definition) is 3. The van der Waals surface area contributed by atoms with E-state index >= 15 is 0 Å². The Morgan fingerprint density at radius 2 is 1.94 bits per heavy atom. The van der Waals surface area contributed by atoms with Crippen molar-refractivity contribution in [1.82, 2.24) is 5.32 Å². The molecule has 1 fully saturated rings. The number of carbonyl (C=O) groups excluding carboxylic acids is 1. The number of rotatable bonds is 6. The van der Waals surface area contributed by atoms with Crippen molar-refractivity contribution < 1.29 is 19.4 Å². The Morgan fingerprint density at radius 1 is 1.25 bits per heavy atom. The Bertz CT molecular complexity index is 236. The van der Waals surface area contributed by atoms with Crippen LogP contribution in [0.25, 0.3) is 0 Å². The minimum atomic E-state index is -0.782. The minimum Gasteiger partial charge on any atom is -0.481 e. The molecule has 0 atom stereocenters. The number of amides is 1. The molecule has 92 valence electrons. The number of ether oxygens (including phenoxy) is 1. The second-order valence-corrected chi connectivity index (χ2v) is 4.03. The van der Waals surface area contributed by atoms with E-state index in [9.17, 15) is 9.59 Å². The third kappa shape index (κ3) is 5.11. The summed E-state index contributed by atoms with van der Waals surface area (Å²) in [4.78, 5) is 21.9. The monoisotopic (exact) mass is 229 g/mol. The molecule has 0 aromatic heterocycles. The molecule has 1 heterocycles. The molecule has 0 saturated carbocycles. The normalized spacial score (nSPS) is 17.0. The lowest BCUT2D eigenvalue weighted by Gasteiger charge is -2.21. The second kappa shape index (κ2) is 7.22. The number of unbranched alkanes of at least 4 members (excludes halogenated alkanes) is 1. The molecular formula is C11H19NO4. The number of carbonyl (C=O) groups is 2. The third-order valence-electron chi connectivity index (χ3n) is 2.71. The van der Waals surface area contributed by atoms with Crippen LogP contribution in [0.15, 0.2) is 0 Å². The van der Waals surface area contributed by atoms with Crippen LogP contribution in [0.1, 0.15) is 32.1 Å². The van der Waals surface area contributed by atoms with Gasteiger partial charge >= 0.3 is 5.97 Å². The van der Waals surface area contributed by atoms with E-state index in [0.717, 1.165) is 19.3 Å². The summed E-state index contributed by atoms with van der Waals surface area (Å²) in [6.45, 7) is 1.90. The fourth-order valence-corrected chi connectivity index (χ4v) is 1.72. The van der Waals surface area contributed by atoms with Gasteiger partial charge in [0, 0.05) is 32.1 Å². The zero-order valence-electron chi connectivity index (χ0n) is 9.41. The van der Waals surface area contributed by atoms with Crippen LogP contribution < -0.4 is 5.32 Å². The molecule has 1 aliphatic heterocycles. The van der Waals surface area contributed by atoms with Crippen LogP contribution >= 0.6 is 0 Å². The fraction of sp³-hybridized carbons (Fsp3) is 0.818. The average Bonchev–Trinajstić information content (AvgIpc) is 2.29. The zero-order valence-corrected chi connectivity index (χ0v) is 9.41. The first kappa shape index (κ1) is 13.0. The summed E-state index contributed by atoms with van der Waals surface area (Å²) in [6.07, 6.45) is 3.10. The molecule has 5 nitrogen and oxygen atoms in total. The lowest BCUT2D eigenvalue weighted by Crippen LogP contribution is -2.34. The highest BCUT2D eigenvalue weighted by molar-refractivity contribution is 5.78. The van der Waals surface area contributed by atoms with Crippen LogP contribution in [0.5, 0.6) is 0 Å². The molecule has 0 aliphatic carbocycles. The van der Waals surface area contributed by atoms with Gasteiger partial charge in [-0.1, -0.05) is 0 Å². The summed E-state index contributed by atoms with van der Waals surface area (Å²) in [6, 6.07) is 0. The zero-order chi connectivity index (χ0) is 11.8. The maximum atomic E-state index is 11.6. The van der Waals surface area contributed by atoms with Crippen molar-refractivity contribution in [2.75, 3.05) is 19.8 Å². The van der Waals surface area contributed by atoms with E-state index < -0.39 is 5.97 Å². The summed E-state index contributed by atoms with van der Waals surface area (Å²) in [7, 11) is 0. The van der Waals surface area contributed by atoms with Crippen molar-refractivity contribution in [2.24, 2.45) is 5.92 Å². The molecular weight excluding hydrogens is 210 g/mol. The van der Waals surface area contributed by atoms with Gasteiger partial charge in [-0.05, 0) is 25.7 Å². The smallest absolute Gasteiger partial charge is 0.303 e. The highest BCUT2D eigenvalue weighted by Gasteiger charge is 2.20. The molecule has 5 heteroatoms. The van der Waals surface area contributed by atoms with Gasteiger partial charge in [0.1, 0.15) is 0 Å². The quantitative estimate of drug-likeness (QED) is 0.660. The number of carboxylic acid groups (broad SMARTS) is 1. The first-order valence-corrected chi connectivity index (χ1v) is 5.77. The van der Waals surface area contributed by atoms with Crippen molar-refractivity contribution in [3.05, 3.63) is 0 Å². The van der Waals surface area contributed by atoms with Crippen LogP contribution in [-0.2, 0) is 14.3 Å². The molecule has 0 aromatic carbocycles. The molecule has 1 amide bonds. The average molecular weight is 229 g/mol. The molecule has 1 saturated heterocycles. The van der Waals surface area contributed by atoms with E-state index in [1.165, 1.54) is 0 Å². The lowest BCUT2D eigenvalue weighted by atomic mass is 9.99. The van der Waals surface area contributed by atoms with Crippen molar-refractivity contribution >= 4 is 11.9 Å². The van der Waals surface area contributed by atoms with Crippen LogP contribution in [0.4, 0.5) is 0 Å². The van der Waals surface area contributed by atoms with Crippen LogP contribution in [-0.4, -0.2) is 36.7 Å². The van der Waals surface area contributed by atoms with Gasteiger partial charge in [-0.15, -0.1) is 0 Å². The summed E-state index contributed by atoms with van der Waals surface area (Å²) < 4.78 is 5.17. The van der Waals surface area contributed by atoms with Gasteiger partial charge in [0.15, 0.2) is 0 Å². The number of carboxylic acids is 1. The molecule has 16 heavy (non-hydrogen) atoms. The van der Waals surface area contributed by atoms with E-state index in [2.05, 4.69) is 5.32 Å². The standard InChI is InChI=1S/C11H19NO4/c13-10(14)3-1-2-6-12-11(15)9-4-7-16-8-5-9/h9H,1-8H2,(H,12,15)(H,13,14). The van der Waals surface area contributed by atoms with Gasteiger partial charge in [0.25, 0.3) is 0 Å². The van der Waals surface area contributed by atoms with Crippen molar-refractivity contribution in [1.29, 1.82) is 0 Å². The van der Waals surface area contributed by atoms with Gasteiger partial charge in [-0.25, -0.2) is 0 Å². The highest BCUT2D eigenvalue weighted by atomic mass is 16.5. The van der Waals surface area contributed by atoms with E-state index in [0.29, 0.717) is 26.2 Å². The van der Waals surface area contributed by atoms with Gasteiger partial charge in [-0.3, -0.25) is 9.59 Å². The predicted molar refractivity (Wildman–Crippen MR) is 58.0 cm³/mol. The van der Waals surface area contributed by atoms with Crippen LogP contribution in [0.2, 0.25) is 0 Å². The summed E-state index contributed by atoms with van der Waals surface area (Å²) in [5.41, 5.74) is 0. The fourth-order valence-electron chi connectivity index (χ4n) is 1.72. The number of nitrogens with one attached hydrogen (secondary N) is 1. The maximum absolute atomic E-state index is 11.6. The maximum Gasteiger partial charge on any atom is 0.303 e. The van der Waals surface area contributed by atoms with Crippen LogP contribution in [0.3, 0.4) is 0 Å². The van der Waals surface area contributed by atoms with Gasteiger partial charge in [0.2, 0.25) is 5.91 Å². The van der Waals surface area contributed by atoms with Crippen molar-refractivity contribution in [2.45, 2.75) is 32.1 Å². The molecule has 0 spiro atoms. The Balaban J connectivity index is 2.03. The first-order chi connectivity index (χ1) is 7.70. The summed E-state index contributed by atoms with van der Waals surface area (Å²) >= 11 is 0. The predicted octanol–water partition coefficient (Wildman–Crippen LogP) is 0.784. The summed E-state index contributed by atoms with van der Waals surface area (Å²) in [5.74, 6) is -0.623. The molecule has 0 unspecified atom stereocenters. The largest absolute Gasteiger partial charge is 0.481 e. The Labute approximate surface area is 95.2 Å². The molecule has 0 aromatic rings. The summed E-state index contributed by atoms with van der Waals surface area (Å²) in [5, 5.41) is 11.3. The Morgan fingerprint density at radius 3 is 2.56 bits per heavy atom. The minimum absolute atomic E-state index is 0.0771. The van der Waals surface area contributed by atoms with Gasteiger partial charge < -0.3 is 15.2 Å². The van der Waals surface area contributed by atoms with E-state index in [1.54, 1.807) is 0 Å². The molecule has 0 radical (unpaired) electrons. The SMILES string of the molecule is O=C(O)CCCCNC(=O)C1CCOCC1. The third-order valence-corrected chi connectivity index (χ3v) is 2.71. The molecule has 1 aliphatic rings. The first-order valence-electron chi connectivity index (χ1n) is 5.77. The van der Waals surface area contributed by atoms with Crippen molar-refractivity contribution in [3.8, 4) is 0 Å². The lowest BCUT2D eigenvalue weighted by molar-refractivity contribution is -0.137. The topological polar surface area (TPSA) is 75.6 Å². The van der Waals surface area contributed by atoms with Gasteiger partial charge in [-0.2, -0.15) is 0 Å². The second-order valence-electron chi connectivity index (χ2n) is 4.03.